The molecule has 1 aliphatic rings. The first-order valence-electron chi connectivity index (χ1n) is 8.56. The maximum absolute atomic E-state index is 9.29. The minimum Gasteiger partial charge on any atom is -0.493 e. The Balaban J connectivity index is 2.23. The SMILES string of the molecule is COc1ccc(C2(CN(C)C[C@@H](C)CO)CCCC2)cc1OC. The minimum absolute atomic E-state index is 0.184. The van der Waals surface area contributed by atoms with E-state index in [9.17, 15) is 5.11 Å². The molecule has 23 heavy (non-hydrogen) atoms. The summed E-state index contributed by atoms with van der Waals surface area (Å²) in [6.45, 7) is 4.28. The number of aliphatic hydroxyl groups is 1. The smallest absolute Gasteiger partial charge is 0.161 e. The molecule has 1 aromatic carbocycles. The van der Waals surface area contributed by atoms with E-state index in [1.165, 1.54) is 31.2 Å². The van der Waals surface area contributed by atoms with Crippen LogP contribution < -0.4 is 9.47 Å². The Kier molecular flexibility index (Phi) is 6.31. The number of hydrogen-bond donors (Lipinski definition) is 1. The van der Waals surface area contributed by atoms with Crippen LogP contribution in [0, 0.1) is 5.92 Å². The molecule has 1 fully saturated rings. The molecule has 130 valence electrons. The zero-order valence-electron chi connectivity index (χ0n) is 15.0. The van der Waals surface area contributed by atoms with Crippen molar-refractivity contribution in [3.63, 3.8) is 0 Å². The third kappa shape index (κ3) is 4.18. The molecule has 0 unspecified atom stereocenters. The summed E-state index contributed by atoms with van der Waals surface area (Å²) < 4.78 is 10.9. The highest BCUT2D eigenvalue weighted by atomic mass is 16.5. The van der Waals surface area contributed by atoms with Crippen LogP contribution in [0.4, 0.5) is 0 Å². The predicted molar refractivity (Wildman–Crippen MR) is 93.4 cm³/mol. The van der Waals surface area contributed by atoms with Crippen LogP contribution in [0.15, 0.2) is 18.2 Å². The Morgan fingerprint density at radius 3 is 2.39 bits per heavy atom. The van der Waals surface area contributed by atoms with E-state index in [1.807, 2.05) is 6.07 Å². The second-order valence-electron chi connectivity index (χ2n) is 7.04. The van der Waals surface area contributed by atoms with Gasteiger partial charge in [0.25, 0.3) is 0 Å². The molecule has 1 saturated carbocycles. The molecule has 0 aromatic heterocycles. The van der Waals surface area contributed by atoms with Crippen LogP contribution in [0.25, 0.3) is 0 Å². The molecule has 0 heterocycles. The number of benzene rings is 1. The Bertz CT molecular complexity index is 497. The van der Waals surface area contributed by atoms with Gasteiger partial charge in [-0.3, -0.25) is 0 Å². The summed E-state index contributed by atoms with van der Waals surface area (Å²) in [6, 6.07) is 6.36. The summed E-state index contributed by atoms with van der Waals surface area (Å²) in [4.78, 5) is 2.36. The fraction of sp³-hybridized carbons (Fsp3) is 0.684. The average Bonchev–Trinajstić information content (AvgIpc) is 3.03. The minimum atomic E-state index is 0.184. The molecule has 1 aromatic rings. The summed E-state index contributed by atoms with van der Waals surface area (Å²) in [5.41, 5.74) is 1.53. The molecule has 4 heteroatoms. The third-order valence-electron chi connectivity index (χ3n) is 5.06. The lowest BCUT2D eigenvalue weighted by Gasteiger charge is -2.35. The lowest BCUT2D eigenvalue weighted by Crippen LogP contribution is -2.39. The van der Waals surface area contributed by atoms with Crippen molar-refractivity contribution in [1.29, 1.82) is 0 Å². The summed E-state index contributed by atoms with van der Waals surface area (Å²) >= 11 is 0. The van der Waals surface area contributed by atoms with Crippen molar-refractivity contribution in [2.75, 3.05) is 41.0 Å². The van der Waals surface area contributed by atoms with Crippen LogP contribution in [0.1, 0.15) is 38.2 Å². The number of ether oxygens (including phenoxy) is 2. The largest absolute Gasteiger partial charge is 0.493 e. The number of methoxy groups -OCH3 is 2. The number of aliphatic hydroxyl groups excluding tert-OH is 1. The third-order valence-corrected chi connectivity index (χ3v) is 5.06. The van der Waals surface area contributed by atoms with Gasteiger partial charge in [0.1, 0.15) is 0 Å². The maximum Gasteiger partial charge on any atom is 0.161 e. The summed E-state index contributed by atoms with van der Waals surface area (Å²) in [7, 11) is 5.53. The zero-order valence-corrected chi connectivity index (χ0v) is 15.0. The molecule has 4 nitrogen and oxygen atoms in total. The highest BCUT2D eigenvalue weighted by Gasteiger charge is 2.37. The van der Waals surface area contributed by atoms with Crippen molar-refractivity contribution in [2.45, 2.75) is 38.0 Å². The van der Waals surface area contributed by atoms with E-state index >= 15 is 0 Å². The van der Waals surface area contributed by atoms with Crippen molar-refractivity contribution in [1.82, 2.24) is 4.90 Å². The van der Waals surface area contributed by atoms with Gasteiger partial charge in [0, 0.05) is 25.1 Å². The maximum atomic E-state index is 9.29. The van der Waals surface area contributed by atoms with Crippen molar-refractivity contribution >= 4 is 0 Å². The van der Waals surface area contributed by atoms with Gasteiger partial charge >= 0.3 is 0 Å². The van der Waals surface area contributed by atoms with Crippen LogP contribution in [-0.2, 0) is 5.41 Å². The van der Waals surface area contributed by atoms with Crippen LogP contribution in [-0.4, -0.2) is 51.0 Å². The monoisotopic (exact) mass is 321 g/mol. The summed E-state index contributed by atoms with van der Waals surface area (Å²) in [5.74, 6) is 1.90. The highest BCUT2D eigenvalue weighted by molar-refractivity contribution is 5.45. The molecule has 0 radical (unpaired) electrons. The van der Waals surface area contributed by atoms with E-state index in [0.29, 0.717) is 5.92 Å². The first-order valence-corrected chi connectivity index (χ1v) is 8.56. The number of nitrogens with zero attached hydrogens (tertiary/aromatic N) is 1. The quantitative estimate of drug-likeness (QED) is 0.799. The van der Waals surface area contributed by atoms with Gasteiger partial charge in [0.15, 0.2) is 11.5 Å². The van der Waals surface area contributed by atoms with Crippen molar-refractivity contribution < 1.29 is 14.6 Å². The van der Waals surface area contributed by atoms with Crippen LogP contribution in [0.5, 0.6) is 11.5 Å². The van der Waals surface area contributed by atoms with E-state index in [4.69, 9.17) is 9.47 Å². The van der Waals surface area contributed by atoms with Crippen LogP contribution in [0.3, 0.4) is 0 Å². The lowest BCUT2D eigenvalue weighted by atomic mass is 9.78. The second kappa shape index (κ2) is 8.02. The molecule has 0 aliphatic heterocycles. The normalized spacial score (nSPS) is 18.2. The Labute approximate surface area is 140 Å². The van der Waals surface area contributed by atoms with Gasteiger partial charge in [-0.1, -0.05) is 25.8 Å². The lowest BCUT2D eigenvalue weighted by molar-refractivity contribution is 0.169. The number of likely N-dealkylation sites (N-methyl/N-ethyl adjacent to an activating group) is 1. The van der Waals surface area contributed by atoms with Gasteiger partial charge in [-0.2, -0.15) is 0 Å². The van der Waals surface area contributed by atoms with Gasteiger partial charge in [-0.05, 0) is 43.5 Å². The number of rotatable bonds is 8. The highest BCUT2D eigenvalue weighted by Crippen LogP contribution is 2.44. The summed E-state index contributed by atoms with van der Waals surface area (Å²) in [6.07, 6.45) is 4.97. The van der Waals surface area contributed by atoms with Crippen LogP contribution >= 0.6 is 0 Å². The fourth-order valence-corrected chi connectivity index (χ4v) is 3.93. The predicted octanol–water partition coefficient (Wildman–Crippen LogP) is 3.08. The van der Waals surface area contributed by atoms with Gasteiger partial charge < -0.3 is 19.5 Å². The Morgan fingerprint density at radius 2 is 1.83 bits per heavy atom. The molecule has 0 bridgehead atoms. The van der Waals surface area contributed by atoms with E-state index in [0.717, 1.165) is 24.6 Å². The number of hydrogen-bond acceptors (Lipinski definition) is 4. The zero-order chi connectivity index (χ0) is 16.9. The Morgan fingerprint density at radius 1 is 1.17 bits per heavy atom. The molecular weight excluding hydrogens is 290 g/mol. The Hall–Kier alpha value is -1.26. The van der Waals surface area contributed by atoms with Crippen molar-refractivity contribution in [3.8, 4) is 11.5 Å². The van der Waals surface area contributed by atoms with E-state index in [1.54, 1.807) is 14.2 Å². The molecule has 1 atom stereocenters. The first kappa shape index (κ1) is 18.1. The molecule has 0 amide bonds. The van der Waals surface area contributed by atoms with E-state index in [-0.39, 0.29) is 12.0 Å². The molecule has 0 spiro atoms. The first-order chi connectivity index (χ1) is 11.0. The van der Waals surface area contributed by atoms with Crippen LogP contribution in [0.2, 0.25) is 0 Å². The molecular formula is C19H31NO3. The van der Waals surface area contributed by atoms with Gasteiger partial charge in [-0.15, -0.1) is 0 Å². The van der Waals surface area contributed by atoms with E-state index < -0.39 is 0 Å². The van der Waals surface area contributed by atoms with Crippen molar-refractivity contribution in [2.24, 2.45) is 5.92 Å². The molecule has 1 aliphatic carbocycles. The van der Waals surface area contributed by atoms with Gasteiger partial charge in [0.2, 0.25) is 0 Å². The molecule has 0 saturated heterocycles. The topological polar surface area (TPSA) is 41.9 Å². The summed E-state index contributed by atoms with van der Waals surface area (Å²) in [5, 5.41) is 9.29. The average molecular weight is 321 g/mol. The fourth-order valence-electron chi connectivity index (χ4n) is 3.93. The second-order valence-corrected chi connectivity index (χ2v) is 7.04. The van der Waals surface area contributed by atoms with E-state index in [2.05, 4.69) is 31.0 Å². The van der Waals surface area contributed by atoms with Crippen molar-refractivity contribution in [3.05, 3.63) is 23.8 Å². The van der Waals surface area contributed by atoms with Gasteiger partial charge in [-0.25, -0.2) is 0 Å². The molecule has 2 rings (SSSR count). The standard InChI is InChI=1S/C19H31NO3/c1-15(13-21)12-20(2)14-19(9-5-6-10-19)16-7-8-17(22-3)18(11-16)23-4/h7-8,11,15,21H,5-6,9-10,12-14H2,1-4H3/t15-/m1/s1. The van der Waals surface area contributed by atoms with Gasteiger partial charge in [0.05, 0.1) is 14.2 Å². The molecule has 1 N–H and O–H groups in total.